The number of anilines is 2. The summed E-state index contributed by atoms with van der Waals surface area (Å²) in [5.74, 6) is 2.70. The molecule has 0 fully saturated rings. The number of hydrogen-bond acceptors (Lipinski definition) is 7. The van der Waals surface area contributed by atoms with E-state index in [0.717, 1.165) is 12.3 Å². The highest BCUT2D eigenvalue weighted by molar-refractivity contribution is 7.98. The van der Waals surface area contributed by atoms with Gasteiger partial charge in [-0.3, -0.25) is 0 Å². The van der Waals surface area contributed by atoms with Crippen molar-refractivity contribution in [1.82, 2.24) is 15.0 Å². The van der Waals surface area contributed by atoms with Crippen LogP contribution in [0.5, 0.6) is 6.01 Å². The number of nitrogens with one attached hydrogen (secondary N) is 2. The zero-order valence-corrected chi connectivity index (χ0v) is 11.5. The van der Waals surface area contributed by atoms with E-state index in [9.17, 15) is 0 Å². The largest absolute Gasteiger partial charge is 0.467 e. The minimum atomic E-state index is 0.310. The average Bonchev–Trinajstić information content (AvgIpc) is 2.36. The van der Waals surface area contributed by atoms with Gasteiger partial charge in [-0.15, -0.1) is 0 Å². The molecule has 7 heteroatoms. The number of rotatable bonds is 7. The molecule has 17 heavy (non-hydrogen) atoms. The van der Waals surface area contributed by atoms with Gasteiger partial charge >= 0.3 is 6.01 Å². The minimum absolute atomic E-state index is 0.310. The summed E-state index contributed by atoms with van der Waals surface area (Å²) in [7, 11) is 3.30. The Bertz CT molecular complexity index is 327. The Labute approximate surface area is 106 Å². The standard InChI is InChI=1S/C10H19N5OS/c1-7(6-17-4)5-12-9-13-8(11-2)14-10(15-9)16-3/h7H,5-6H2,1-4H3,(H2,11,12,13,14,15). The van der Waals surface area contributed by atoms with E-state index in [4.69, 9.17) is 4.74 Å². The van der Waals surface area contributed by atoms with Crippen LogP contribution in [0.1, 0.15) is 6.92 Å². The van der Waals surface area contributed by atoms with Gasteiger partial charge in [0, 0.05) is 13.6 Å². The molecule has 6 nitrogen and oxygen atoms in total. The third kappa shape index (κ3) is 4.64. The van der Waals surface area contributed by atoms with Gasteiger partial charge in [0.1, 0.15) is 0 Å². The molecule has 96 valence electrons. The molecule has 0 saturated heterocycles. The molecule has 1 aromatic heterocycles. The highest BCUT2D eigenvalue weighted by atomic mass is 32.2. The average molecular weight is 257 g/mol. The topological polar surface area (TPSA) is 72.0 Å². The molecule has 1 rings (SSSR count). The number of ether oxygens (including phenoxy) is 1. The molecule has 0 aliphatic heterocycles. The lowest BCUT2D eigenvalue weighted by atomic mass is 10.2. The molecule has 0 aliphatic rings. The second-order valence-electron chi connectivity index (χ2n) is 3.66. The first-order valence-electron chi connectivity index (χ1n) is 5.40. The maximum atomic E-state index is 5.01. The van der Waals surface area contributed by atoms with Gasteiger partial charge in [-0.05, 0) is 17.9 Å². The van der Waals surface area contributed by atoms with Gasteiger partial charge in [-0.1, -0.05) is 6.92 Å². The Morgan fingerprint density at radius 2 is 2.00 bits per heavy atom. The Kier molecular flexibility index (Phi) is 5.82. The van der Waals surface area contributed by atoms with Crippen molar-refractivity contribution in [3.63, 3.8) is 0 Å². The van der Waals surface area contributed by atoms with Gasteiger partial charge in [0.05, 0.1) is 7.11 Å². The van der Waals surface area contributed by atoms with E-state index >= 15 is 0 Å². The van der Waals surface area contributed by atoms with Crippen LogP contribution in [-0.2, 0) is 0 Å². The van der Waals surface area contributed by atoms with Gasteiger partial charge in [0.15, 0.2) is 0 Å². The molecule has 2 N–H and O–H groups in total. The van der Waals surface area contributed by atoms with Crippen molar-refractivity contribution in [2.75, 3.05) is 43.3 Å². The molecular weight excluding hydrogens is 238 g/mol. The van der Waals surface area contributed by atoms with Gasteiger partial charge < -0.3 is 15.4 Å². The summed E-state index contributed by atoms with van der Waals surface area (Å²) < 4.78 is 5.01. The second-order valence-corrected chi connectivity index (χ2v) is 4.57. The molecule has 1 unspecified atom stereocenters. The Morgan fingerprint density at radius 3 is 2.59 bits per heavy atom. The molecule has 1 aromatic rings. The molecule has 0 saturated carbocycles. The van der Waals surface area contributed by atoms with Crippen LogP contribution in [0.4, 0.5) is 11.9 Å². The van der Waals surface area contributed by atoms with E-state index in [1.807, 2.05) is 11.8 Å². The van der Waals surface area contributed by atoms with Crippen LogP contribution in [-0.4, -0.2) is 47.7 Å². The number of thioether (sulfide) groups is 1. The molecule has 0 spiro atoms. The molecular formula is C10H19N5OS. The number of nitrogens with zero attached hydrogens (tertiary/aromatic N) is 3. The minimum Gasteiger partial charge on any atom is -0.467 e. The lowest BCUT2D eigenvalue weighted by Gasteiger charge is -2.11. The summed E-state index contributed by atoms with van der Waals surface area (Å²) in [5, 5.41) is 6.05. The monoisotopic (exact) mass is 257 g/mol. The van der Waals surface area contributed by atoms with Crippen LogP contribution in [0.2, 0.25) is 0 Å². The van der Waals surface area contributed by atoms with Crippen LogP contribution >= 0.6 is 11.8 Å². The summed E-state index contributed by atoms with van der Waals surface area (Å²) in [4.78, 5) is 12.4. The van der Waals surface area contributed by atoms with E-state index in [1.54, 1.807) is 7.05 Å². The van der Waals surface area contributed by atoms with Crippen molar-refractivity contribution >= 4 is 23.7 Å². The van der Waals surface area contributed by atoms with Gasteiger partial charge in [-0.25, -0.2) is 0 Å². The van der Waals surface area contributed by atoms with E-state index < -0.39 is 0 Å². The summed E-state index contributed by atoms with van der Waals surface area (Å²) >= 11 is 1.83. The van der Waals surface area contributed by atoms with Crippen LogP contribution in [0.25, 0.3) is 0 Å². The molecule has 1 atom stereocenters. The summed E-state index contributed by atoms with van der Waals surface area (Å²) in [6, 6.07) is 0.310. The van der Waals surface area contributed by atoms with E-state index in [2.05, 4.69) is 38.8 Å². The molecule has 0 aromatic carbocycles. The van der Waals surface area contributed by atoms with Crippen molar-refractivity contribution in [2.45, 2.75) is 6.92 Å². The maximum absolute atomic E-state index is 5.01. The Balaban J connectivity index is 2.63. The SMILES string of the molecule is CNc1nc(NCC(C)CSC)nc(OC)n1. The number of methoxy groups -OCH3 is 1. The molecule has 0 bridgehead atoms. The Morgan fingerprint density at radius 1 is 1.29 bits per heavy atom. The van der Waals surface area contributed by atoms with E-state index in [0.29, 0.717) is 23.8 Å². The molecule has 0 radical (unpaired) electrons. The van der Waals surface area contributed by atoms with Crippen molar-refractivity contribution in [2.24, 2.45) is 5.92 Å². The van der Waals surface area contributed by atoms with Gasteiger partial charge in [0.2, 0.25) is 11.9 Å². The van der Waals surface area contributed by atoms with E-state index in [-0.39, 0.29) is 0 Å². The maximum Gasteiger partial charge on any atom is 0.322 e. The van der Waals surface area contributed by atoms with Crippen molar-refractivity contribution < 1.29 is 4.74 Å². The fourth-order valence-corrected chi connectivity index (χ4v) is 1.93. The lowest BCUT2D eigenvalue weighted by molar-refractivity contribution is 0.379. The van der Waals surface area contributed by atoms with Crippen LogP contribution in [0.15, 0.2) is 0 Å². The van der Waals surface area contributed by atoms with Crippen LogP contribution < -0.4 is 15.4 Å². The van der Waals surface area contributed by atoms with E-state index in [1.165, 1.54) is 7.11 Å². The van der Waals surface area contributed by atoms with Gasteiger partial charge in [0.25, 0.3) is 0 Å². The quantitative estimate of drug-likeness (QED) is 0.763. The second kappa shape index (κ2) is 7.16. The normalized spacial score (nSPS) is 12.0. The van der Waals surface area contributed by atoms with Crippen LogP contribution in [0, 0.1) is 5.92 Å². The zero-order chi connectivity index (χ0) is 12.7. The first kappa shape index (κ1) is 13.8. The number of hydrogen-bond donors (Lipinski definition) is 2. The van der Waals surface area contributed by atoms with Crippen molar-refractivity contribution in [3.05, 3.63) is 0 Å². The summed E-state index contributed by atoms with van der Waals surface area (Å²) in [6.45, 7) is 3.01. The predicted molar refractivity (Wildman–Crippen MR) is 72.0 cm³/mol. The fraction of sp³-hybridized carbons (Fsp3) is 0.700. The molecule has 1 heterocycles. The molecule has 0 amide bonds. The Hall–Kier alpha value is -1.24. The number of aromatic nitrogens is 3. The molecule has 0 aliphatic carbocycles. The van der Waals surface area contributed by atoms with Crippen molar-refractivity contribution in [3.8, 4) is 6.01 Å². The summed E-state index contributed by atoms with van der Waals surface area (Å²) in [6.07, 6.45) is 2.10. The first-order chi connectivity index (χ1) is 8.19. The summed E-state index contributed by atoms with van der Waals surface area (Å²) in [5.41, 5.74) is 0. The lowest BCUT2D eigenvalue weighted by Crippen LogP contribution is -2.16. The third-order valence-electron chi connectivity index (χ3n) is 2.08. The van der Waals surface area contributed by atoms with Crippen molar-refractivity contribution in [1.29, 1.82) is 0 Å². The zero-order valence-electron chi connectivity index (χ0n) is 10.6. The first-order valence-corrected chi connectivity index (χ1v) is 6.79. The smallest absolute Gasteiger partial charge is 0.322 e. The highest BCUT2D eigenvalue weighted by Gasteiger charge is 2.07. The predicted octanol–water partition coefficient (Wildman–Crippen LogP) is 1.33. The van der Waals surface area contributed by atoms with Crippen LogP contribution in [0.3, 0.4) is 0 Å². The third-order valence-corrected chi connectivity index (χ3v) is 2.98. The highest BCUT2D eigenvalue weighted by Crippen LogP contribution is 2.11. The van der Waals surface area contributed by atoms with Gasteiger partial charge in [-0.2, -0.15) is 26.7 Å². The fourth-order valence-electron chi connectivity index (χ4n) is 1.25.